The first-order valence-corrected chi connectivity index (χ1v) is 39.6. The number of Topliss-reactive ketones (excluding diaryl/α,β-unsaturated/α-hetero) is 3. The number of methoxy groups -OCH3 is 3. The van der Waals surface area contributed by atoms with Gasteiger partial charge in [-0.05, 0) is 161 Å². The monoisotopic (exact) mass is 1560 g/mol. The first-order valence-electron chi connectivity index (χ1n) is 39.6. The normalized spacial score (nSPS) is 42.5. The number of nitrogens with zero attached hydrogens (tertiary/aromatic N) is 6. The minimum atomic E-state index is -1.96. The van der Waals surface area contributed by atoms with Crippen LogP contribution in [0.3, 0.4) is 0 Å². The lowest BCUT2D eigenvalue weighted by Gasteiger charge is -2.50. The molecule has 2 aromatic heterocycles. The second-order valence-electron chi connectivity index (χ2n) is 34.0. The maximum atomic E-state index is 14.7. The summed E-state index contributed by atoms with van der Waals surface area (Å²) in [5.41, 5.74) is -5.18. The molecule has 626 valence electrons. The van der Waals surface area contributed by atoms with Crippen molar-refractivity contribution < 1.29 is 111 Å². The van der Waals surface area contributed by atoms with Crippen molar-refractivity contribution in [1.82, 2.24) is 29.2 Å². The standard InChI is InChI=1S/C43H65N5O10.C38H69NO13/c1-12-33-43(8)37(48(41(53)58-43)19-14-13-18-47-23-31(45-24-47)30-16-15-17-44-22-30)27(4)34(49)25(2)21-42(7,54-11)38(28(5)35(50)29(6)39(52)56-33)57-40-36(51)32(46(9)10)20-26(3)55-40;1-15-26-38(10,45)31(42)21(4)28(40)19(2)17-37(9,47-14)33(52-35-29(41)25(39(11)12)16-20(3)48-35)22(5)30(23(6)34(44)50-26)51-27-18-36(8,46-13)32(43)24(7)49-27/h15-17,22-29,32-33,36-38,40,51H,12-14,18-21H2,1-11H3;19-27,29-33,35,41-43,45H,15-18H2,1-14H3/t25-,26-,27+,28+,29-,32+,33-,36-,37-,38-,40+,42-,43-;19-,20-,21+,22+,23-,24+,25+,26-,27+,29-,30+,31-,32+,33-,35+,36-,37-,38-/m11/s1. The molecule has 6 fully saturated rings. The van der Waals surface area contributed by atoms with Crippen molar-refractivity contribution in [2.75, 3.05) is 56.1 Å². The van der Waals surface area contributed by atoms with Crippen molar-refractivity contribution in [2.45, 2.75) is 327 Å². The summed E-state index contributed by atoms with van der Waals surface area (Å²) in [7, 11) is 12.0. The predicted octanol–water partition coefficient (Wildman–Crippen LogP) is 7.37. The molecule has 0 saturated carbocycles. The summed E-state index contributed by atoms with van der Waals surface area (Å²) in [6.45, 7) is 32.0. The highest BCUT2D eigenvalue weighted by Gasteiger charge is 2.61. The van der Waals surface area contributed by atoms with E-state index in [9.17, 15) is 54.3 Å². The summed E-state index contributed by atoms with van der Waals surface area (Å²) in [6.07, 6.45) is -4.28. The van der Waals surface area contributed by atoms with Gasteiger partial charge in [0.15, 0.2) is 30.3 Å². The molecular formula is C81H134N6O23. The number of esters is 2. The maximum Gasteiger partial charge on any atom is 0.410 e. The zero-order chi connectivity index (χ0) is 82.4. The van der Waals surface area contributed by atoms with E-state index in [1.165, 1.54) is 35.2 Å². The van der Waals surface area contributed by atoms with Crippen LogP contribution in [0.1, 0.15) is 182 Å². The van der Waals surface area contributed by atoms with Gasteiger partial charge in [0.05, 0.1) is 83.5 Å². The molecule has 0 unspecified atom stereocenters. The van der Waals surface area contributed by atoms with Crippen molar-refractivity contribution in [1.29, 1.82) is 0 Å². The molecule has 5 N–H and O–H groups in total. The number of ketones is 3. The van der Waals surface area contributed by atoms with Gasteiger partial charge in [-0.25, -0.2) is 9.78 Å². The lowest BCUT2D eigenvalue weighted by Crippen LogP contribution is -2.61. The zero-order valence-corrected chi connectivity index (χ0v) is 70.0. The Bertz CT molecular complexity index is 3350. The molecular weight excluding hydrogens is 1420 g/mol. The molecule has 6 saturated heterocycles. The van der Waals surface area contributed by atoms with Crippen molar-refractivity contribution in [3.05, 3.63) is 37.1 Å². The number of carbonyl (C=O) groups is 6. The Labute approximate surface area is 652 Å². The van der Waals surface area contributed by atoms with Crippen LogP contribution in [0.15, 0.2) is 37.1 Å². The van der Waals surface area contributed by atoms with Gasteiger partial charge in [0.25, 0.3) is 0 Å². The molecule has 29 nitrogen and oxygen atoms in total. The third kappa shape index (κ3) is 20.2. The SMILES string of the molecule is CC[C@H]1OC(=O)[C@H](C)C(=O)[C@H](C)[C@@H](O[C@@H]2O[C@H](C)C[C@H](N(C)C)[C@H]2O)[C@](C)(OC)C[C@@H](C)C(=O)[C@H](C)[C@H]2N(CCCCn3cnc(-c4cccnc4)c3)C(=O)O[C@]12C.CC[C@H]1OC(=O)[C@H](C)[C@@H](O[C@H]2C[C@@](C)(OC)[C@@H](O)[C@H](C)O2)[C@H](C)[C@@H](O[C@@H]2O[C@H](C)C[C@H](N(C)C)[C@H]2O)[C@](C)(OC)C[C@@H](C)C(=O)[C@H](C)[C@@H](O)[C@]1(C)O. The van der Waals surface area contributed by atoms with Gasteiger partial charge in [-0.2, -0.15) is 0 Å². The molecule has 29 heteroatoms. The third-order valence-corrected chi connectivity index (χ3v) is 25.1. The van der Waals surface area contributed by atoms with E-state index in [-0.39, 0.29) is 68.0 Å². The van der Waals surface area contributed by atoms with Gasteiger partial charge in [0.2, 0.25) is 0 Å². The van der Waals surface area contributed by atoms with Crippen LogP contribution in [-0.4, -0.2) is 284 Å². The molecule has 2 aromatic rings. The number of rotatable bonds is 19. The molecule has 1 amide bonds. The quantitative estimate of drug-likeness (QED) is 0.0396. The predicted molar refractivity (Wildman–Crippen MR) is 405 cm³/mol. The van der Waals surface area contributed by atoms with E-state index in [4.69, 9.17) is 56.8 Å². The summed E-state index contributed by atoms with van der Waals surface area (Å²) in [5, 5.41) is 57.0. The lowest BCUT2D eigenvalue weighted by molar-refractivity contribution is -0.319. The highest BCUT2D eigenvalue weighted by atomic mass is 16.7. The molecule has 8 heterocycles. The Morgan fingerprint density at radius 2 is 1.12 bits per heavy atom. The van der Waals surface area contributed by atoms with Crippen LogP contribution in [0.25, 0.3) is 11.3 Å². The fourth-order valence-corrected chi connectivity index (χ4v) is 18.0. The van der Waals surface area contributed by atoms with Crippen molar-refractivity contribution in [3.63, 3.8) is 0 Å². The summed E-state index contributed by atoms with van der Waals surface area (Å²) in [6, 6.07) is 2.46. The van der Waals surface area contributed by atoms with Crippen LogP contribution >= 0.6 is 0 Å². The van der Waals surface area contributed by atoms with E-state index >= 15 is 0 Å². The maximum absolute atomic E-state index is 14.7. The molecule has 0 bridgehead atoms. The Hall–Kier alpha value is -5.06. The van der Waals surface area contributed by atoms with Gasteiger partial charge >= 0.3 is 18.0 Å². The number of hydrogen-bond donors (Lipinski definition) is 5. The number of aliphatic hydroxyl groups is 5. The summed E-state index contributed by atoms with van der Waals surface area (Å²) in [5.74, 6) is -9.42. The number of aryl methyl sites for hydroxylation is 1. The van der Waals surface area contributed by atoms with Crippen LogP contribution in [0.5, 0.6) is 0 Å². The molecule has 0 radical (unpaired) electrons. The Morgan fingerprint density at radius 3 is 1.64 bits per heavy atom. The first kappa shape index (κ1) is 92.1. The van der Waals surface area contributed by atoms with E-state index in [0.717, 1.165) is 11.3 Å². The smallest absolute Gasteiger partial charge is 0.410 e. The van der Waals surface area contributed by atoms with Gasteiger partial charge in [0, 0.05) is 113 Å². The number of unbranched alkanes of at least 4 members (excludes halogenated alkanes) is 1. The van der Waals surface area contributed by atoms with E-state index in [0.29, 0.717) is 38.8 Å². The van der Waals surface area contributed by atoms with Crippen LogP contribution in [-0.2, 0) is 87.4 Å². The minimum absolute atomic E-state index is 0.111. The van der Waals surface area contributed by atoms with Crippen molar-refractivity contribution in [2.24, 2.45) is 47.3 Å². The van der Waals surface area contributed by atoms with Crippen LogP contribution < -0.4 is 0 Å². The Morgan fingerprint density at radius 1 is 0.600 bits per heavy atom. The lowest BCUT2D eigenvalue weighted by atomic mass is 9.73. The fraction of sp³-hybridized carbons (Fsp3) is 0.827. The average molecular weight is 1560 g/mol. The minimum Gasteiger partial charge on any atom is -0.459 e. The van der Waals surface area contributed by atoms with Gasteiger partial charge in [0.1, 0.15) is 53.6 Å². The highest BCUT2D eigenvalue weighted by molar-refractivity contribution is 6.00. The van der Waals surface area contributed by atoms with Crippen molar-refractivity contribution in [3.8, 4) is 11.3 Å². The number of cyclic esters (lactones) is 2. The van der Waals surface area contributed by atoms with Crippen LogP contribution in [0.4, 0.5) is 4.79 Å². The highest BCUT2D eigenvalue weighted by Crippen LogP contribution is 2.46. The second-order valence-corrected chi connectivity index (χ2v) is 34.0. The number of hydrogen-bond acceptors (Lipinski definition) is 27. The summed E-state index contributed by atoms with van der Waals surface area (Å²) in [4.78, 5) is 99.1. The van der Waals surface area contributed by atoms with Gasteiger partial charge in [-0.3, -0.25) is 29.0 Å². The molecule has 6 aliphatic rings. The van der Waals surface area contributed by atoms with Crippen LogP contribution in [0, 0.1) is 47.3 Å². The molecule has 0 aromatic carbocycles. The summed E-state index contributed by atoms with van der Waals surface area (Å²) < 4.78 is 77.1. The summed E-state index contributed by atoms with van der Waals surface area (Å²) >= 11 is 0. The topological polar surface area (TPSA) is 355 Å². The zero-order valence-electron chi connectivity index (χ0n) is 70.0. The van der Waals surface area contributed by atoms with E-state index in [1.807, 2.05) is 95.5 Å². The van der Waals surface area contributed by atoms with E-state index < -0.39 is 185 Å². The van der Waals surface area contributed by atoms with Crippen molar-refractivity contribution >= 4 is 35.4 Å². The molecule has 110 heavy (non-hydrogen) atoms. The second kappa shape index (κ2) is 38.1. The molecule has 0 aliphatic carbocycles. The number of aliphatic hydroxyl groups excluding tert-OH is 4. The number of fused-ring (bicyclic) bond motifs is 1. The first-order chi connectivity index (χ1) is 51.3. The van der Waals surface area contributed by atoms with E-state index in [1.54, 1.807) is 99.8 Å². The van der Waals surface area contributed by atoms with Gasteiger partial charge < -0.3 is 102 Å². The number of aromatic nitrogens is 3. The average Bonchev–Trinajstić information content (AvgIpc) is 1.71. The number of ether oxygens (including phenoxy) is 12. The van der Waals surface area contributed by atoms with E-state index in [2.05, 4.69) is 9.97 Å². The largest absolute Gasteiger partial charge is 0.459 e. The number of imidazole rings is 1. The fourth-order valence-electron chi connectivity index (χ4n) is 18.0. The number of likely N-dealkylation sites (N-methyl/N-ethyl adjacent to an activating group) is 2. The number of amides is 1. The molecule has 0 spiro atoms. The van der Waals surface area contributed by atoms with Gasteiger partial charge in [-0.15, -0.1) is 0 Å². The Kier molecular flexibility index (Phi) is 31.9. The molecule has 8 rings (SSSR count). The molecule has 31 atom stereocenters. The third-order valence-electron chi connectivity index (χ3n) is 25.1. The number of pyridine rings is 1. The number of carbonyl (C=O) groups excluding carboxylic acids is 6. The van der Waals surface area contributed by atoms with Gasteiger partial charge in [-0.1, -0.05) is 55.4 Å². The Balaban J connectivity index is 0.000000308. The molecule has 6 aliphatic heterocycles. The van der Waals surface area contributed by atoms with Crippen LogP contribution in [0.2, 0.25) is 0 Å².